The second-order valence-electron chi connectivity index (χ2n) is 3.41. The van der Waals surface area contributed by atoms with Crippen molar-refractivity contribution in [2.45, 2.75) is 13.8 Å². The van der Waals surface area contributed by atoms with Gasteiger partial charge in [0.05, 0.1) is 22.8 Å². The summed E-state index contributed by atoms with van der Waals surface area (Å²) in [6.45, 7) is 2.53. The predicted molar refractivity (Wildman–Crippen MR) is 64.7 cm³/mol. The van der Waals surface area contributed by atoms with Crippen molar-refractivity contribution in [1.29, 1.82) is 0 Å². The van der Waals surface area contributed by atoms with Crippen LogP contribution in [0.5, 0.6) is 0 Å². The van der Waals surface area contributed by atoms with Crippen LogP contribution < -0.4 is 21.1 Å². The molecule has 0 aliphatic carbocycles. The van der Waals surface area contributed by atoms with Crippen molar-refractivity contribution >= 4 is 11.4 Å². The predicted octanol–water partition coefficient (Wildman–Crippen LogP) is -1.66. The van der Waals surface area contributed by atoms with E-state index < -0.39 is 13.5 Å². The molecule has 1 aromatic rings. The van der Waals surface area contributed by atoms with E-state index in [9.17, 15) is 10.2 Å². The Bertz CT molecular complexity index is 408. The molecular formula is C11H15N5O2-2. The Morgan fingerprint density at radius 1 is 1.06 bits per heavy atom. The van der Waals surface area contributed by atoms with Crippen LogP contribution >= 0.6 is 0 Å². The van der Waals surface area contributed by atoms with Crippen LogP contribution in [0.1, 0.15) is 25.2 Å². The van der Waals surface area contributed by atoms with Crippen molar-refractivity contribution in [2.75, 3.05) is 13.5 Å². The Labute approximate surface area is 105 Å². The summed E-state index contributed by atoms with van der Waals surface area (Å²) in [5, 5.41) is 28.3. The molecule has 1 aromatic heterocycles. The van der Waals surface area contributed by atoms with Crippen LogP contribution in [0.3, 0.4) is 0 Å². The van der Waals surface area contributed by atoms with E-state index in [4.69, 9.17) is 0 Å². The molecule has 7 nitrogen and oxygen atoms in total. The van der Waals surface area contributed by atoms with Crippen LogP contribution in [0.15, 0.2) is 28.4 Å². The highest BCUT2D eigenvalue weighted by atomic mass is 16.3. The highest BCUT2D eigenvalue weighted by Gasteiger charge is 2.03. The minimum absolute atomic E-state index is 0.481. The van der Waals surface area contributed by atoms with Crippen LogP contribution in [0.4, 0.5) is 0 Å². The van der Waals surface area contributed by atoms with E-state index in [0.29, 0.717) is 22.8 Å². The highest BCUT2D eigenvalue weighted by Crippen LogP contribution is 2.02. The van der Waals surface area contributed by atoms with E-state index in [1.807, 2.05) is 6.07 Å². The normalized spacial score (nSPS) is 12.4. The van der Waals surface area contributed by atoms with Gasteiger partial charge in [0.2, 0.25) is 0 Å². The fourth-order valence-corrected chi connectivity index (χ4v) is 1.25. The van der Waals surface area contributed by atoms with Gasteiger partial charge in [0, 0.05) is 0 Å². The maximum Gasteiger partial charge on any atom is 0.0867 e. The molecule has 0 bridgehead atoms. The Morgan fingerprint density at radius 3 is 1.89 bits per heavy atom. The third-order valence-corrected chi connectivity index (χ3v) is 2.11. The first-order chi connectivity index (χ1) is 8.69. The summed E-state index contributed by atoms with van der Waals surface area (Å²) in [7, 11) is 0. The van der Waals surface area contributed by atoms with Crippen LogP contribution in [0, 0.1) is 0 Å². The van der Waals surface area contributed by atoms with Crippen LogP contribution in [0.2, 0.25) is 0 Å². The molecule has 0 unspecified atom stereocenters. The highest BCUT2D eigenvalue weighted by molar-refractivity contribution is 6.00. The summed E-state index contributed by atoms with van der Waals surface area (Å²) < 4.78 is 0. The van der Waals surface area contributed by atoms with E-state index in [1.54, 1.807) is 26.0 Å². The SMILES string of the molecule is C/C(=N\NC[O-])c1cccc(/C(C)=N/NC[O-])n1. The number of hydrogen-bond acceptors (Lipinski definition) is 7. The van der Waals surface area contributed by atoms with Gasteiger partial charge in [-0.1, -0.05) is 6.07 Å². The van der Waals surface area contributed by atoms with Crippen molar-refractivity contribution in [3.63, 3.8) is 0 Å². The molecule has 0 atom stereocenters. The van der Waals surface area contributed by atoms with Crippen molar-refractivity contribution in [3.8, 4) is 0 Å². The average molecular weight is 249 g/mol. The van der Waals surface area contributed by atoms with Gasteiger partial charge in [-0.25, -0.2) is 4.98 Å². The van der Waals surface area contributed by atoms with Crippen molar-refractivity contribution in [2.24, 2.45) is 10.2 Å². The number of rotatable bonds is 6. The van der Waals surface area contributed by atoms with Gasteiger partial charge in [0.25, 0.3) is 0 Å². The van der Waals surface area contributed by atoms with Crippen molar-refractivity contribution in [1.82, 2.24) is 15.8 Å². The maximum atomic E-state index is 10.3. The number of aromatic nitrogens is 1. The molecule has 0 aliphatic rings. The van der Waals surface area contributed by atoms with Crippen LogP contribution in [0.25, 0.3) is 0 Å². The monoisotopic (exact) mass is 249 g/mol. The zero-order chi connectivity index (χ0) is 13.4. The van der Waals surface area contributed by atoms with Crippen LogP contribution in [-0.2, 0) is 0 Å². The molecule has 0 amide bonds. The zero-order valence-electron chi connectivity index (χ0n) is 10.3. The second kappa shape index (κ2) is 7.36. The third kappa shape index (κ3) is 4.11. The number of nitrogens with one attached hydrogen (secondary N) is 2. The molecule has 7 heteroatoms. The topological polar surface area (TPSA) is 108 Å². The third-order valence-electron chi connectivity index (χ3n) is 2.11. The minimum atomic E-state index is -0.481. The molecule has 0 aromatic carbocycles. The lowest BCUT2D eigenvalue weighted by Crippen LogP contribution is -2.23. The van der Waals surface area contributed by atoms with E-state index >= 15 is 0 Å². The lowest BCUT2D eigenvalue weighted by molar-refractivity contribution is -0.375. The zero-order valence-corrected chi connectivity index (χ0v) is 10.3. The first-order valence-electron chi connectivity index (χ1n) is 5.37. The molecule has 18 heavy (non-hydrogen) atoms. The van der Waals surface area contributed by atoms with Gasteiger partial charge in [0.1, 0.15) is 0 Å². The molecule has 98 valence electrons. The smallest absolute Gasteiger partial charge is 0.0867 e. The van der Waals surface area contributed by atoms with Gasteiger partial charge in [-0.15, -0.1) is 0 Å². The van der Waals surface area contributed by atoms with E-state index in [0.717, 1.165) is 0 Å². The number of nitrogens with zero attached hydrogens (tertiary/aromatic N) is 3. The number of hydrogen-bond donors (Lipinski definition) is 2. The summed E-state index contributed by atoms with van der Waals surface area (Å²) in [6.07, 6.45) is 0. The molecule has 0 radical (unpaired) electrons. The summed E-state index contributed by atoms with van der Waals surface area (Å²) in [4.78, 5) is 4.33. The van der Waals surface area contributed by atoms with E-state index in [-0.39, 0.29) is 0 Å². The summed E-state index contributed by atoms with van der Waals surface area (Å²) >= 11 is 0. The molecule has 0 spiro atoms. The summed E-state index contributed by atoms with van der Waals surface area (Å²) in [6, 6.07) is 5.37. The Hall–Kier alpha value is -1.99. The minimum Gasteiger partial charge on any atom is -0.838 e. The first kappa shape index (κ1) is 14.1. The molecule has 0 saturated carbocycles. The second-order valence-corrected chi connectivity index (χ2v) is 3.41. The molecular weight excluding hydrogens is 234 g/mol. The lowest BCUT2D eigenvalue weighted by atomic mass is 10.2. The van der Waals surface area contributed by atoms with Crippen molar-refractivity contribution in [3.05, 3.63) is 29.6 Å². The fraction of sp³-hybridized carbons (Fsp3) is 0.364. The lowest BCUT2D eigenvalue weighted by Gasteiger charge is -2.07. The molecule has 1 rings (SSSR count). The van der Waals surface area contributed by atoms with E-state index in [2.05, 4.69) is 26.0 Å². The molecule has 0 saturated heterocycles. The van der Waals surface area contributed by atoms with Gasteiger partial charge in [0.15, 0.2) is 0 Å². The quantitative estimate of drug-likeness (QED) is 0.356. The van der Waals surface area contributed by atoms with Gasteiger partial charge in [-0.05, 0) is 39.4 Å². The summed E-state index contributed by atoms with van der Waals surface area (Å²) in [5.74, 6) is 0. The molecule has 0 aliphatic heterocycles. The standard InChI is InChI=1S/C11H15N5O2/c1-8(15-12-6-17)10-4-3-5-11(14-10)9(2)16-13-7-18/h3-5,12-13H,6-7H2,1-2H3/q-2/b15-8+,16-9+. The van der Waals surface area contributed by atoms with E-state index in [1.165, 1.54) is 0 Å². The maximum absolute atomic E-state index is 10.3. The molecule has 0 fully saturated rings. The number of pyridine rings is 1. The van der Waals surface area contributed by atoms with Gasteiger partial charge >= 0.3 is 0 Å². The Kier molecular flexibility index (Phi) is 5.75. The largest absolute Gasteiger partial charge is 0.838 e. The average Bonchev–Trinajstić information content (AvgIpc) is 2.42. The fourth-order valence-electron chi connectivity index (χ4n) is 1.25. The Morgan fingerprint density at radius 2 is 1.50 bits per heavy atom. The van der Waals surface area contributed by atoms with Crippen molar-refractivity contribution < 1.29 is 10.2 Å². The van der Waals surface area contributed by atoms with Crippen LogP contribution in [-0.4, -0.2) is 29.9 Å². The van der Waals surface area contributed by atoms with Gasteiger partial charge in [-0.2, -0.15) is 10.2 Å². The summed E-state index contributed by atoms with van der Waals surface area (Å²) in [5.41, 5.74) is 7.18. The molecule has 1 heterocycles. The molecule has 2 N–H and O–H groups in total. The van der Waals surface area contributed by atoms with Gasteiger partial charge < -0.3 is 21.1 Å². The van der Waals surface area contributed by atoms with Gasteiger partial charge in [-0.3, -0.25) is 0 Å². The number of hydrazone groups is 2. The Balaban J connectivity index is 2.92. The first-order valence-corrected chi connectivity index (χ1v) is 5.37.